The van der Waals surface area contributed by atoms with Gasteiger partial charge in [-0.05, 0) is 49.2 Å². The monoisotopic (exact) mass is 321 g/mol. The van der Waals surface area contributed by atoms with Gasteiger partial charge in [0.1, 0.15) is 5.75 Å². The molecule has 0 spiro atoms. The summed E-state index contributed by atoms with van der Waals surface area (Å²) in [5, 5.41) is 13.6. The lowest BCUT2D eigenvalue weighted by Crippen LogP contribution is -2.34. The number of nitrogens with one attached hydrogen (secondary N) is 1. The van der Waals surface area contributed by atoms with Gasteiger partial charge in [0, 0.05) is 12.1 Å². The summed E-state index contributed by atoms with van der Waals surface area (Å²) in [6.07, 6.45) is -0.728. The zero-order valence-corrected chi connectivity index (χ0v) is 13.4. The smallest absolute Gasteiger partial charge is 0.159 e. The van der Waals surface area contributed by atoms with E-state index in [0.717, 1.165) is 17.4 Å². The molecule has 124 valence electrons. The summed E-state index contributed by atoms with van der Waals surface area (Å²) < 4.78 is 31.4. The van der Waals surface area contributed by atoms with Gasteiger partial charge < -0.3 is 15.2 Å². The van der Waals surface area contributed by atoms with E-state index in [2.05, 4.69) is 5.32 Å². The van der Waals surface area contributed by atoms with Crippen LogP contribution >= 0.6 is 0 Å². The molecule has 0 aliphatic rings. The molecule has 0 saturated heterocycles. The third-order valence-electron chi connectivity index (χ3n) is 3.89. The summed E-state index contributed by atoms with van der Waals surface area (Å²) >= 11 is 0. The summed E-state index contributed by atoms with van der Waals surface area (Å²) in [5.74, 6) is -1.02. The minimum atomic E-state index is -0.875. The van der Waals surface area contributed by atoms with Gasteiger partial charge >= 0.3 is 0 Å². The summed E-state index contributed by atoms with van der Waals surface area (Å²) in [5.41, 5.74) is 1.38. The van der Waals surface area contributed by atoms with Crippen LogP contribution in [0.2, 0.25) is 0 Å². The summed E-state index contributed by atoms with van der Waals surface area (Å²) in [6.45, 7) is 3.68. The van der Waals surface area contributed by atoms with Crippen molar-refractivity contribution in [1.82, 2.24) is 5.32 Å². The maximum Gasteiger partial charge on any atom is 0.159 e. The Hall–Kier alpha value is -1.98. The molecule has 5 heteroatoms. The average Bonchev–Trinajstić information content (AvgIpc) is 2.56. The first-order chi connectivity index (χ1) is 10.9. The molecule has 0 bridgehead atoms. The first-order valence-corrected chi connectivity index (χ1v) is 7.45. The highest BCUT2D eigenvalue weighted by atomic mass is 19.2. The molecule has 23 heavy (non-hydrogen) atoms. The van der Waals surface area contributed by atoms with Crippen LogP contribution in [0.4, 0.5) is 8.78 Å². The molecule has 0 aromatic heterocycles. The van der Waals surface area contributed by atoms with Crippen molar-refractivity contribution >= 4 is 0 Å². The van der Waals surface area contributed by atoms with Crippen molar-refractivity contribution in [2.75, 3.05) is 7.11 Å². The fourth-order valence-corrected chi connectivity index (χ4v) is 2.45. The second kappa shape index (κ2) is 7.53. The highest BCUT2D eigenvalue weighted by Gasteiger charge is 2.19. The van der Waals surface area contributed by atoms with Gasteiger partial charge in [-0.25, -0.2) is 8.78 Å². The van der Waals surface area contributed by atoms with Crippen LogP contribution in [0.3, 0.4) is 0 Å². The van der Waals surface area contributed by atoms with Crippen LogP contribution in [0.25, 0.3) is 0 Å². The van der Waals surface area contributed by atoms with Crippen LogP contribution in [0.5, 0.6) is 5.75 Å². The maximum atomic E-state index is 13.3. The van der Waals surface area contributed by atoms with E-state index in [0.29, 0.717) is 5.56 Å². The van der Waals surface area contributed by atoms with Crippen molar-refractivity contribution in [1.29, 1.82) is 0 Å². The van der Waals surface area contributed by atoms with Gasteiger partial charge in [0.15, 0.2) is 11.6 Å². The van der Waals surface area contributed by atoms with E-state index in [1.54, 1.807) is 31.4 Å². The second-order valence-corrected chi connectivity index (χ2v) is 5.57. The highest BCUT2D eigenvalue weighted by Crippen LogP contribution is 2.23. The Morgan fingerprint density at radius 1 is 0.957 bits per heavy atom. The van der Waals surface area contributed by atoms with Crippen LogP contribution in [0.15, 0.2) is 42.5 Å². The molecular formula is C18H21F2NO2. The molecule has 0 heterocycles. The molecule has 2 aromatic rings. The van der Waals surface area contributed by atoms with E-state index in [-0.39, 0.29) is 12.1 Å². The minimum absolute atomic E-state index is 0.229. The van der Waals surface area contributed by atoms with Crippen molar-refractivity contribution in [2.24, 2.45) is 0 Å². The van der Waals surface area contributed by atoms with E-state index in [1.807, 2.05) is 13.8 Å². The predicted octanol–water partition coefficient (Wildman–Crippen LogP) is 3.75. The number of rotatable bonds is 6. The molecule has 0 amide bonds. The molecule has 0 fully saturated rings. The van der Waals surface area contributed by atoms with E-state index >= 15 is 0 Å². The van der Waals surface area contributed by atoms with E-state index in [4.69, 9.17) is 4.74 Å². The lowest BCUT2D eigenvalue weighted by atomic mass is 10.0. The number of benzene rings is 2. The second-order valence-electron chi connectivity index (χ2n) is 5.57. The highest BCUT2D eigenvalue weighted by molar-refractivity contribution is 5.29. The number of ether oxygens (including phenoxy) is 1. The van der Waals surface area contributed by atoms with Crippen LogP contribution in [0.1, 0.15) is 37.1 Å². The standard InChI is InChI=1S/C18H21F2NO2/c1-11(14-6-9-16(19)17(20)10-14)21-12(2)18(22)13-4-7-15(23-3)8-5-13/h4-12,18,21-22H,1-3H3. The van der Waals surface area contributed by atoms with Crippen molar-refractivity contribution in [3.8, 4) is 5.75 Å². The lowest BCUT2D eigenvalue weighted by Gasteiger charge is -2.25. The Morgan fingerprint density at radius 2 is 1.57 bits per heavy atom. The molecule has 0 saturated carbocycles. The van der Waals surface area contributed by atoms with E-state index < -0.39 is 17.7 Å². The number of hydrogen-bond acceptors (Lipinski definition) is 3. The fourth-order valence-electron chi connectivity index (χ4n) is 2.45. The SMILES string of the molecule is COc1ccc(C(O)C(C)NC(C)c2ccc(F)c(F)c2)cc1. The third-order valence-corrected chi connectivity index (χ3v) is 3.89. The topological polar surface area (TPSA) is 41.5 Å². The van der Waals surface area contributed by atoms with Gasteiger partial charge in [-0.3, -0.25) is 0 Å². The fraction of sp³-hybridized carbons (Fsp3) is 0.333. The summed E-state index contributed by atoms with van der Waals surface area (Å²) in [6, 6.07) is 10.5. The van der Waals surface area contributed by atoms with E-state index in [9.17, 15) is 13.9 Å². The quantitative estimate of drug-likeness (QED) is 0.851. The first kappa shape index (κ1) is 17.4. The van der Waals surface area contributed by atoms with Crippen LogP contribution in [-0.2, 0) is 0 Å². The molecule has 0 radical (unpaired) electrons. The molecule has 3 nitrogen and oxygen atoms in total. The maximum absolute atomic E-state index is 13.3. The van der Waals surface area contributed by atoms with Crippen LogP contribution < -0.4 is 10.1 Å². The molecule has 2 rings (SSSR count). The Bertz CT molecular complexity index is 646. The Morgan fingerprint density at radius 3 is 2.13 bits per heavy atom. The van der Waals surface area contributed by atoms with Crippen molar-refractivity contribution in [3.63, 3.8) is 0 Å². The summed E-state index contributed by atoms with van der Waals surface area (Å²) in [4.78, 5) is 0. The molecule has 3 unspecified atom stereocenters. The number of methoxy groups -OCH3 is 1. The number of halogens is 2. The van der Waals surface area contributed by atoms with E-state index in [1.165, 1.54) is 12.1 Å². The summed E-state index contributed by atoms with van der Waals surface area (Å²) in [7, 11) is 1.58. The van der Waals surface area contributed by atoms with Crippen molar-refractivity contribution in [3.05, 3.63) is 65.2 Å². The minimum Gasteiger partial charge on any atom is -0.497 e. The Balaban J connectivity index is 2.04. The van der Waals surface area contributed by atoms with Gasteiger partial charge in [0.05, 0.1) is 13.2 Å². The molecule has 2 N–H and O–H groups in total. The van der Waals surface area contributed by atoms with Gasteiger partial charge in [-0.1, -0.05) is 18.2 Å². The largest absolute Gasteiger partial charge is 0.497 e. The van der Waals surface area contributed by atoms with Crippen molar-refractivity contribution in [2.45, 2.75) is 32.0 Å². The zero-order chi connectivity index (χ0) is 17.0. The molecule has 0 aliphatic carbocycles. The Kier molecular flexibility index (Phi) is 5.69. The normalized spacial score (nSPS) is 15.0. The molecule has 3 atom stereocenters. The molecular weight excluding hydrogens is 300 g/mol. The number of hydrogen-bond donors (Lipinski definition) is 2. The average molecular weight is 321 g/mol. The Labute approximate surface area is 134 Å². The zero-order valence-electron chi connectivity index (χ0n) is 13.4. The van der Waals surface area contributed by atoms with Crippen LogP contribution in [-0.4, -0.2) is 18.3 Å². The van der Waals surface area contributed by atoms with Gasteiger partial charge in [-0.15, -0.1) is 0 Å². The van der Waals surface area contributed by atoms with Crippen molar-refractivity contribution < 1.29 is 18.6 Å². The first-order valence-electron chi connectivity index (χ1n) is 7.45. The third kappa shape index (κ3) is 4.27. The lowest BCUT2D eigenvalue weighted by molar-refractivity contribution is 0.130. The molecule has 2 aromatic carbocycles. The predicted molar refractivity (Wildman–Crippen MR) is 85.3 cm³/mol. The van der Waals surface area contributed by atoms with Gasteiger partial charge in [0.25, 0.3) is 0 Å². The number of aliphatic hydroxyl groups excluding tert-OH is 1. The number of aliphatic hydroxyl groups is 1. The molecule has 0 aliphatic heterocycles. The van der Waals surface area contributed by atoms with Gasteiger partial charge in [-0.2, -0.15) is 0 Å². The van der Waals surface area contributed by atoms with Crippen LogP contribution in [0, 0.1) is 11.6 Å². The van der Waals surface area contributed by atoms with Gasteiger partial charge in [0.2, 0.25) is 0 Å².